The van der Waals surface area contributed by atoms with Crippen LogP contribution in [0.1, 0.15) is 18.9 Å². The molecule has 3 N–H and O–H groups in total. The van der Waals surface area contributed by atoms with E-state index in [-0.39, 0.29) is 11.1 Å². The lowest BCUT2D eigenvalue weighted by Crippen LogP contribution is -2.26. The zero-order chi connectivity index (χ0) is 17.6. The van der Waals surface area contributed by atoms with Gasteiger partial charge in [0, 0.05) is 11.0 Å². The van der Waals surface area contributed by atoms with Crippen molar-refractivity contribution in [1.29, 1.82) is 0 Å². The average Bonchev–Trinajstić information content (AvgIpc) is 2.55. The van der Waals surface area contributed by atoms with E-state index in [1.807, 2.05) is 31.2 Å². The molecule has 0 radical (unpaired) electrons. The van der Waals surface area contributed by atoms with Gasteiger partial charge >= 0.3 is 0 Å². The molecule has 1 atom stereocenters. The number of halogens is 1. The molecule has 7 heteroatoms. The fourth-order valence-corrected chi connectivity index (χ4v) is 3.36. The standard InChI is InChI=1S/C17H21BrN2O3S/c1-2-17(19)23-15-5-3-4-13(12-15)10-11-20-24(21,22)16-8-6-14(18)7-9-16/h3-9,12,17,20H,2,10-11,19H2,1H3. The molecule has 0 bridgehead atoms. The molecule has 0 saturated carbocycles. The van der Waals surface area contributed by atoms with Crippen molar-refractivity contribution >= 4 is 26.0 Å². The van der Waals surface area contributed by atoms with Gasteiger partial charge in [0.25, 0.3) is 0 Å². The first kappa shape index (κ1) is 18.9. The molecule has 0 heterocycles. The van der Waals surface area contributed by atoms with Gasteiger partial charge in [0.05, 0.1) is 4.90 Å². The molecule has 5 nitrogen and oxygen atoms in total. The highest BCUT2D eigenvalue weighted by molar-refractivity contribution is 9.10. The normalized spacial score (nSPS) is 12.8. The maximum Gasteiger partial charge on any atom is 0.240 e. The first-order valence-electron chi connectivity index (χ1n) is 7.67. The Balaban J connectivity index is 1.94. The van der Waals surface area contributed by atoms with Crippen molar-refractivity contribution in [2.75, 3.05) is 6.54 Å². The number of rotatable bonds is 8. The monoisotopic (exact) mass is 412 g/mol. The van der Waals surface area contributed by atoms with Gasteiger partial charge in [-0.25, -0.2) is 13.1 Å². The summed E-state index contributed by atoms with van der Waals surface area (Å²) >= 11 is 3.29. The van der Waals surface area contributed by atoms with Crippen LogP contribution < -0.4 is 15.2 Å². The van der Waals surface area contributed by atoms with E-state index in [9.17, 15) is 8.42 Å². The number of benzene rings is 2. The number of hydrogen-bond donors (Lipinski definition) is 2. The summed E-state index contributed by atoms with van der Waals surface area (Å²) in [6.45, 7) is 2.26. The van der Waals surface area contributed by atoms with Crippen molar-refractivity contribution < 1.29 is 13.2 Å². The largest absolute Gasteiger partial charge is 0.476 e. The topological polar surface area (TPSA) is 81.4 Å². The molecule has 0 aliphatic rings. The molecule has 0 aliphatic heterocycles. The van der Waals surface area contributed by atoms with Gasteiger partial charge in [0.1, 0.15) is 12.0 Å². The van der Waals surface area contributed by atoms with E-state index in [0.717, 1.165) is 16.5 Å². The Morgan fingerprint density at radius 2 is 1.92 bits per heavy atom. The van der Waals surface area contributed by atoms with Crippen LogP contribution in [0.25, 0.3) is 0 Å². The summed E-state index contributed by atoms with van der Waals surface area (Å²) in [5.74, 6) is 0.692. The minimum Gasteiger partial charge on any atom is -0.476 e. The van der Waals surface area contributed by atoms with Crippen molar-refractivity contribution in [3.8, 4) is 5.75 Å². The number of hydrogen-bond acceptors (Lipinski definition) is 4. The molecule has 2 aromatic carbocycles. The predicted octanol–water partition coefficient (Wildman–Crippen LogP) is 3.04. The van der Waals surface area contributed by atoms with Crippen LogP contribution in [0.15, 0.2) is 57.9 Å². The molecule has 0 aliphatic carbocycles. The quantitative estimate of drug-likeness (QED) is 0.652. The van der Waals surface area contributed by atoms with Crippen LogP contribution in [0.4, 0.5) is 0 Å². The summed E-state index contributed by atoms with van der Waals surface area (Å²) in [6, 6.07) is 14.0. The summed E-state index contributed by atoms with van der Waals surface area (Å²) < 4.78 is 33.4. The van der Waals surface area contributed by atoms with Crippen molar-refractivity contribution in [2.45, 2.75) is 30.9 Å². The number of nitrogens with two attached hydrogens (primary N) is 1. The molecule has 24 heavy (non-hydrogen) atoms. The average molecular weight is 413 g/mol. The van der Waals surface area contributed by atoms with Crippen molar-refractivity contribution in [1.82, 2.24) is 4.72 Å². The first-order valence-corrected chi connectivity index (χ1v) is 9.95. The lowest BCUT2D eigenvalue weighted by Gasteiger charge is -2.13. The van der Waals surface area contributed by atoms with Gasteiger partial charge in [-0.1, -0.05) is 35.0 Å². The molecule has 2 aromatic rings. The second-order valence-electron chi connectivity index (χ2n) is 5.31. The molecule has 2 rings (SSSR count). The molecular formula is C17H21BrN2O3S. The van der Waals surface area contributed by atoms with Crippen LogP contribution in [0.5, 0.6) is 5.75 Å². The summed E-state index contributed by atoms with van der Waals surface area (Å²) in [5, 5.41) is 0. The third kappa shape index (κ3) is 5.59. The summed E-state index contributed by atoms with van der Waals surface area (Å²) in [6.07, 6.45) is 0.946. The third-order valence-electron chi connectivity index (χ3n) is 3.42. The Morgan fingerprint density at radius 1 is 1.21 bits per heavy atom. The van der Waals surface area contributed by atoms with Crippen LogP contribution in [-0.4, -0.2) is 21.2 Å². The predicted molar refractivity (Wildman–Crippen MR) is 98.4 cm³/mol. The highest BCUT2D eigenvalue weighted by Crippen LogP contribution is 2.16. The Morgan fingerprint density at radius 3 is 2.58 bits per heavy atom. The molecular weight excluding hydrogens is 392 g/mol. The molecule has 0 aromatic heterocycles. The third-order valence-corrected chi connectivity index (χ3v) is 5.42. The van der Waals surface area contributed by atoms with Gasteiger partial charge in [-0.05, 0) is 54.8 Å². The zero-order valence-corrected chi connectivity index (χ0v) is 15.8. The highest BCUT2D eigenvalue weighted by atomic mass is 79.9. The second-order valence-corrected chi connectivity index (χ2v) is 8.00. The Kier molecular flexibility index (Phi) is 6.79. The maximum absolute atomic E-state index is 12.2. The van der Waals surface area contributed by atoms with E-state index in [2.05, 4.69) is 20.7 Å². The van der Waals surface area contributed by atoms with Crippen molar-refractivity contribution in [3.63, 3.8) is 0 Å². The summed E-state index contributed by atoms with van der Waals surface area (Å²) in [7, 11) is -3.50. The van der Waals surface area contributed by atoms with Crippen LogP contribution >= 0.6 is 15.9 Å². The summed E-state index contributed by atoms with van der Waals surface area (Å²) in [4.78, 5) is 0.247. The molecule has 130 valence electrons. The molecule has 0 saturated heterocycles. The van der Waals surface area contributed by atoms with E-state index in [1.54, 1.807) is 24.3 Å². The lowest BCUT2D eigenvalue weighted by molar-refractivity contribution is 0.205. The molecule has 0 amide bonds. The molecule has 0 spiro atoms. The Hall–Kier alpha value is -1.41. The number of sulfonamides is 1. The van der Waals surface area contributed by atoms with Crippen LogP contribution in [-0.2, 0) is 16.4 Å². The van der Waals surface area contributed by atoms with Gasteiger partial charge in [0.15, 0.2) is 0 Å². The van der Waals surface area contributed by atoms with Crippen LogP contribution in [0.3, 0.4) is 0 Å². The summed E-state index contributed by atoms with van der Waals surface area (Å²) in [5.41, 5.74) is 6.75. The minimum absolute atomic E-state index is 0.247. The fraction of sp³-hybridized carbons (Fsp3) is 0.294. The van der Waals surface area contributed by atoms with Crippen LogP contribution in [0, 0.1) is 0 Å². The van der Waals surface area contributed by atoms with E-state index in [4.69, 9.17) is 10.5 Å². The van der Waals surface area contributed by atoms with E-state index in [0.29, 0.717) is 18.7 Å². The van der Waals surface area contributed by atoms with E-state index in [1.165, 1.54) is 0 Å². The van der Waals surface area contributed by atoms with Gasteiger partial charge < -0.3 is 4.74 Å². The Bertz CT molecular complexity index is 764. The molecule has 0 fully saturated rings. The van der Waals surface area contributed by atoms with Gasteiger partial charge in [-0.2, -0.15) is 0 Å². The Labute approximate surface area is 151 Å². The zero-order valence-electron chi connectivity index (χ0n) is 13.4. The minimum atomic E-state index is -3.50. The van der Waals surface area contributed by atoms with Gasteiger partial charge in [-0.3, -0.25) is 5.73 Å². The SMILES string of the molecule is CCC(N)Oc1cccc(CCNS(=O)(=O)c2ccc(Br)cc2)c1. The maximum atomic E-state index is 12.2. The van der Waals surface area contributed by atoms with E-state index >= 15 is 0 Å². The molecule has 1 unspecified atom stereocenters. The fourth-order valence-electron chi connectivity index (χ4n) is 2.06. The van der Waals surface area contributed by atoms with Gasteiger partial charge in [0.2, 0.25) is 10.0 Å². The lowest BCUT2D eigenvalue weighted by atomic mass is 10.1. The van der Waals surface area contributed by atoms with Gasteiger partial charge in [-0.15, -0.1) is 0 Å². The van der Waals surface area contributed by atoms with Crippen molar-refractivity contribution in [2.24, 2.45) is 5.73 Å². The van der Waals surface area contributed by atoms with Crippen LogP contribution in [0.2, 0.25) is 0 Å². The van der Waals surface area contributed by atoms with Crippen molar-refractivity contribution in [3.05, 3.63) is 58.6 Å². The smallest absolute Gasteiger partial charge is 0.240 e. The second kappa shape index (κ2) is 8.62. The first-order chi connectivity index (χ1) is 11.4. The number of ether oxygens (including phenoxy) is 1. The van der Waals surface area contributed by atoms with E-state index < -0.39 is 10.0 Å². The number of nitrogens with one attached hydrogen (secondary N) is 1. The highest BCUT2D eigenvalue weighted by Gasteiger charge is 2.13.